The van der Waals surface area contributed by atoms with Crippen molar-refractivity contribution < 1.29 is 14.7 Å². The van der Waals surface area contributed by atoms with Crippen molar-refractivity contribution in [2.45, 2.75) is 0 Å². The van der Waals surface area contributed by atoms with E-state index in [2.05, 4.69) is 4.98 Å². The predicted molar refractivity (Wildman–Crippen MR) is 71.3 cm³/mol. The van der Waals surface area contributed by atoms with E-state index in [1.54, 1.807) is 12.1 Å². The van der Waals surface area contributed by atoms with Crippen LogP contribution in [0, 0.1) is 0 Å². The third kappa shape index (κ3) is 5.23. The van der Waals surface area contributed by atoms with Gasteiger partial charge >= 0.3 is 5.97 Å². The van der Waals surface area contributed by atoms with E-state index in [4.69, 9.17) is 16.7 Å². The molecule has 0 radical (unpaired) electrons. The van der Waals surface area contributed by atoms with Gasteiger partial charge in [0.05, 0.1) is 0 Å². The zero-order valence-corrected chi connectivity index (χ0v) is 11.6. The van der Waals surface area contributed by atoms with E-state index in [1.165, 1.54) is 11.0 Å². The molecule has 1 amide bonds. The second-order valence-corrected chi connectivity index (χ2v) is 4.66. The molecule has 1 N–H and O–H groups in total. The van der Waals surface area contributed by atoms with Gasteiger partial charge in [-0.2, -0.15) is 0 Å². The van der Waals surface area contributed by atoms with E-state index in [1.807, 2.05) is 19.0 Å². The second-order valence-electron chi connectivity index (χ2n) is 4.27. The van der Waals surface area contributed by atoms with E-state index in [9.17, 15) is 9.59 Å². The fourth-order valence-corrected chi connectivity index (χ4v) is 1.59. The van der Waals surface area contributed by atoms with E-state index in [0.29, 0.717) is 13.1 Å². The Morgan fingerprint density at radius 1 is 1.32 bits per heavy atom. The summed E-state index contributed by atoms with van der Waals surface area (Å²) in [6, 6.07) is 4.67. The molecule has 19 heavy (non-hydrogen) atoms. The van der Waals surface area contributed by atoms with Crippen molar-refractivity contribution in [3.05, 3.63) is 29.0 Å². The molecule has 1 aromatic heterocycles. The number of carboxylic acids is 1. The number of carbonyl (C=O) groups is 2. The number of likely N-dealkylation sites (N-methyl/N-ethyl adjacent to an activating group) is 1. The monoisotopic (exact) mass is 285 g/mol. The molecule has 1 rings (SSSR count). The molecule has 1 heterocycles. The Morgan fingerprint density at radius 3 is 2.53 bits per heavy atom. The maximum absolute atomic E-state index is 12.2. The molecule has 0 aliphatic heterocycles. The Bertz CT molecular complexity index is 465. The van der Waals surface area contributed by atoms with Gasteiger partial charge < -0.3 is 14.9 Å². The lowest BCUT2D eigenvalue weighted by molar-refractivity contribution is -0.137. The summed E-state index contributed by atoms with van der Waals surface area (Å²) in [5, 5.41) is 9.05. The molecule has 7 heteroatoms. The molecule has 104 valence electrons. The van der Waals surface area contributed by atoms with Crippen molar-refractivity contribution >= 4 is 23.5 Å². The summed E-state index contributed by atoms with van der Waals surface area (Å²) in [6.07, 6.45) is 0. The Labute approximate surface area is 116 Å². The highest BCUT2D eigenvalue weighted by Gasteiger charge is 2.19. The molecular formula is C12H16ClN3O3. The maximum Gasteiger partial charge on any atom is 0.323 e. The van der Waals surface area contributed by atoms with Crippen LogP contribution < -0.4 is 0 Å². The quantitative estimate of drug-likeness (QED) is 0.784. The third-order valence-corrected chi connectivity index (χ3v) is 2.58. The van der Waals surface area contributed by atoms with Crippen LogP contribution in [0.15, 0.2) is 18.2 Å². The summed E-state index contributed by atoms with van der Waals surface area (Å²) in [6.45, 7) is 0.521. The summed E-state index contributed by atoms with van der Waals surface area (Å²) in [5.41, 5.74) is 0.146. The van der Waals surface area contributed by atoms with Gasteiger partial charge in [-0.15, -0.1) is 0 Å². The molecule has 1 aromatic rings. The van der Waals surface area contributed by atoms with E-state index in [-0.39, 0.29) is 17.4 Å². The number of carboxylic acid groups (broad SMARTS) is 1. The lowest BCUT2D eigenvalue weighted by Gasteiger charge is -2.22. The third-order valence-electron chi connectivity index (χ3n) is 2.36. The molecule has 0 fully saturated rings. The van der Waals surface area contributed by atoms with Crippen molar-refractivity contribution in [1.82, 2.24) is 14.8 Å². The van der Waals surface area contributed by atoms with Crippen LogP contribution in [0.5, 0.6) is 0 Å². The van der Waals surface area contributed by atoms with Crippen molar-refractivity contribution in [2.75, 3.05) is 33.7 Å². The largest absolute Gasteiger partial charge is 0.480 e. The number of amides is 1. The van der Waals surface area contributed by atoms with E-state index in [0.717, 1.165) is 0 Å². The van der Waals surface area contributed by atoms with Crippen LogP contribution in [0.4, 0.5) is 0 Å². The molecule has 0 aliphatic carbocycles. The van der Waals surface area contributed by atoms with Crippen LogP contribution >= 0.6 is 11.6 Å². The van der Waals surface area contributed by atoms with E-state index < -0.39 is 11.9 Å². The second kappa shape index (κ2) is 7.06. The number of hydrogen-bond acceptors (Lipinski definition) is 4. The number of carbonyl (C=O) groups excluding carboxylic acids is 1. The first-order chi connectivity index (χ1) is 8.90. The minimum atomic E-state index is -1.06. The van der Waals surface area contributed by atoms with Gasteiger partial charge in [-0.1, -0.05) is 17.7 Å². The zero-order chi connectivity index (χ0) is 14.4. The van der Waals surface area contributed by atoms with Crippen LogP contribution in [0.2, 0.25) is 5.15 Å². The average molecular weight is 286 g/mol. The average Bonchev–Trinajstić information content (AvgIpc) is 2.33. The number of nitrogens with zero attached hydrogens (tertiary/aromatic N) is 3. The number of aliphatic carboxylic acids is 1. The van der Waals surface area contributed by atoms with Crippen molar-refractivity contribution in [3.63, 3.8) is 0 Å². The molecule has 0 atom stereocenters. The van der Waals surface area contributed by atoms with E-state index >= 15 is 0 Å². The standard InChI is InChI=1S/C12H16ClN3O3/c1-15(2)6-7-16(8-11(17)18)12(19)9-4-3-5-10(13)14-9/h3-5H,6-8H2,1-2H3,(H,17,18). The first kappa shape index (κ1) is 15.4. The van der Waals surface area contributed by atoms with Gasteiger partial charge in [-0.05, 0) is 26.2 Å². The molecule has 0 aliphatic rings. The molecule has 0 unspecified atom stereocenters. The maximum atomic E-state index is 12.2. The van der Waals surface area contributed by atoms with Crippen LogP contribution in [0.1, 0.15) is 10.5 Å². The lowest BCUT2D eigenvalue weighted by atomic mass is 10.3. The van der Waals surface area contributed by atoms with Gasteiger partial charge in [0.1, 0.15) is 17.4 Å². The number of rotatable bonds is 6. The predicted octanol–water partition coefficient (Wildman–Crippen LogP) is 0.823. The zero-order valence-electron chi connectivity index (χ0n) is 10.8. The van der Waals surface area contributed by atoms with Gasteiger partial charge in [-0.3, -0.25) is 9.59 Å². The molecule has 0 spiro atoms. The van der Waals surface area contributed by atoms with Crippen LogP contribution in [-0.2, 0) is 4.79 Å². The van der Waals surface area contributed by atoms with Crippen LogP contribution in [0.3, 0.4) is 0 Å². The van der Waals surface area contributed by atoms with Crippen LogP contribution in [0.25, 0.3) is 0 Å². The fraction of sp³-hybridized carbons (Fsp3) is 0.417. The first-order valence-electron chi connectivity index (χ1n) is 5.68. The highest BCUT2D eigenvalue weighted by atomic mass is 35.5. The van der Waals surface area contributed by atoms with Crippen LogP contribution in [-0.4, -0.2) is 65.5 Å². The van der Waals surface area contributed by atoms with Gasteiger partial charge in [0.25, 0.3) is 5.91 Å². The molecule has 6 nitrogen and oxygen atoms in total. The fourth-order valence-electron chi connectivity index (χ4n) is 1.43. The van der Waals surface area contributed by atoms with Gasteiger partial charge in [-0.25, -0.2) is 4.98 Å². The van der Waals surface area contributed by atoms with Gasteiger partial charge in [0.2, 0.25) is 0 Å². The SMILES string of the molecule is CN(C)CCN(CC(=O)O)C(=O)c1cccc(Cl)n1. The normalized spacial score (nSPS) is 10.5. The smallest absolute Gasteiger partial charge is 0.323 e. The Kier molecular flexibility index (Phi) is 5.72. The molecule has 0 bridgehead atoms. The Balaban J connectivity index is 2.83. The molecule has 0 saturated heterocycles. The van der Waals surface area contributed by atoms with Crippen molar-refractivity contribution in [2.24, 2.45) is 0 Å². The summed E-state index contributed by atoms with van der Waals surface area (Å²) in [4.78, 5) is 30.0. The highest BCUT2D eigenvalue weighted by Crippen LogP contribution is 2.08. The van der Waals surface area contributed by atoms with Gasteiger partial charge in [0, 0.05) is 13.1 Å². The minimum absolute atomic E-state index is 0.146. The molecule has 0 saturated carbocycles. The molecule has 0 aromatic carbocycles. The molecular weight excluding hydrogens is 270 g/mol. The Hall–Kier alpha value is -1.66. The lowest BCUT2D eigenvalue weighted by Crippen LogP contribution is -2.40. The summed E-state index contributed by atoms with van der Waals surface area (Å²) in [5.74, 6) is -1.50. The number of hydrogen-bond donors (Lipinski definition) is 1. The van der Waals surface area contributed by atoms with Crippen molar-refractivity contribution in [3.8, 4) is 0 Å². The minimum Gasteiger partial charge on any atom is -0.480 e. The van der Waals surface area contributed by atoms with Gasteiger partial charge in [0.15, 0.2) is 0 Å². The highest BCUT2D eigenvalue weighted by molar-refractivity contribution is 6.29. The summed E-state index contributed by atoms with van der Waals surface area (Å²) >= 11 is 5.72. The number of pyridine rings is 1. The number of halogens is 1. The topological polar surface area (TPSA) is 73.7 Å². The first-order valence-corrected chi connectivity index (χ1v) is 6.06. The summed E-state index contributed by atoms with van der Waals surface area (Å²) in [7, 11) is 3.70. The Morgan fingerprint density at radius 2 is 2.00 bits per heavy atom. The van der Waals surface area contributed by atoms with Crippen molar-refractivity contribution in [1.29, 1.82) is 0 Å². The summed E-state index contributed by atoms with van der Waals surface area (Å²) < 4.78 is 0. The number of aromatic nitrogens is 1.